The fourth-order valence-electron chi connectivity index (χ4n) is 1.89. The minimum absolute atomic E-state index is 0.0389. The minimum atomic E-state index is -0.435. The topological polar surface area (TPSA) is 110 Å². The lowest BCUT2D eigenvalue weighted by Gasteiger charge is -2.07. The van der Waals surface area contributed by atoms with E-state index < -0.39 is 5.91 Å². The van der Waals surface area contributed by atoms with E-state index in [1.807, 2.05) is 11.4 Å². The number of amides is 2. The Morgan fingerprint density at radius 3 is 2.68 bits per heavy atom. The van der Waals surface area contributed by atoms with E-state index in [1.54, 1.807) is 24.3 Å². The lowest BCUT2D eigenvalue weighted by atomic mass is 10.2. The highest BCUT2D eigenvalue weighted by molar-refractivity contribution is 7.99. The summed E-state index contributed by atoms with van der Waals surface area (Å²) in [5.74, 6) is -0.404. The number of nitrogen functional groups attached to an aromatic ring is 1. The number of hydrogen-bond donors (Lipinski definition) is 3. The first-order chi connectivity index (χ1) is 12.0. The third-order valence-corrected chi connectivity index (χ3v) is 4.99. The molecule has 10 heteroatoms. The molecule has 0 aliphatic carbocycles. The van der Waals surface area contributed by atoms with Gasteiger partial charge in [-0.2, -0.15) is 0 Å². The molecule has 2 aromatic heterocycles. The fraction of sp³-hybridized carbons (Fsp3) is 0.0667. The molecule has 2 amide bonds. The maximum Gasteiger partial charge on any atom is 0.269 e. The zero-order valence-corrected chi connectivity index (χ0v) is 15.0. The minimum Gasteiger partial charge on any atom is -0.383 e. The highest BCUT2D eigenvalue weighted by atomic mass is 35.5. The number of nitrogens with two attached hydrogens (primary N) is 1. The van der Waals surface area contributed by atoms with Crippen LogP contribution < -0.4 is 16.6 Å². The largest absolute Gasteiger partial charge is 0.383 e. The number of rotatable bonds is 4. The Kier molecular flexibility index (Phi) is 5.37. The quantitative estimate of drug-likeness (QED) is 0.357. The van der Waals surface area contributed by atoms with E-state index in [2.05, 4.69) is 20.8 Å². The summed E-state index contributed by atoms with van der Waals surface area (Å²) in [7, 11) is 0. The van der Waals surface area contributed by atoms with E-state index in [-0.39, 0.29) is 11.7 Å². The van der Waals surface area contributed by atoms with Crippen LogP contribution in [0.1, 0.15) is 10.4 Å². The van der Waals surface area contributed by atoms with Gasteiger partial charge < -0.3 is 5.73 Å². The van der Waals surface area contributed by atoms with Crippen molar-refractivity contribution in [3.05, 3.63) is 46.3 Å². The van der Waals surface area contributed by atoms with Gasteiger partial charge in [-0.25, -0.2) is 9.97 Å². The molecule has 25 heavy (non-hydrogen) atoms. The number of hydrazine groups is 1. The third kappa shape index (κ3) is 4.38. The number of benzene rings is 1. The number of carbonyl (C=O) groups excluding carboxylic acids is 2. The molecule has 0 fully saturated rings. The lowest BCUT2D eigenvalue weighted by Crippen LogP contribution is -2.42. The number of thioether (sulfide) groups is 1. The fourth-order valence-corrected chi connectivity index (χ4v) is 3.50. The van der Waals surface area contributed by atoms with E-state index in [9.17, 15) is 9.59 Å². The van der Waals surface area contributed by atoms with Gasteiger partial charge in [0.1, 0.15) is 10.6 Å². The lowest BCUT2D eigenvalue weighted by molar-refractivity contribution is -0.119. The SMILES string of the molecule is Nc1nc(SCC(=O)NNC(=O)c2ccc(Cl)cc2)nc2sccc12. The summed E-state index contributed by atoms with van der Waals surface area (Å²) < 4.78 is 0. The third-order valence-electron chi connectivity index (χ3n) is 3.09. The molecule has 0 radical (unpaired) electrons. The van der Waals surface area contributed by atoms with Crippen LogP contribution in [0.2, 0.25) is 5.02 Å². The number of halogens is 1. The van der Waals surface area contributed by atoms with Gasteiger partial charge in [-0.15, -0.1) is 11.3 Å². The Morgan fingerprint density at radius 2 is 1.92 bits per heavy atom. The average molecular weight is 394 g/mol. The highest BCUT2D eigenvalue weighted by Crippen LogP contribution is 2.26. The van der Waals surface area contributed by atoms with Gasteiger partial charge in [0.25, 0.3) is 5.91 Å². The summed E-state index contributed by atoms with van der Waals surface area (Å²) in [5, 5.41) is 3.61. The Labute approximate surface area is 156 Å². The van der Waals surface area contributed by atoms with Crippen molar-refractivity contribution in [2.75, 3.05) is 11.5 Å². The highest BCUT2D eigenvalue weighted by Gasteiger charge is 2.11. The van der Waals surface area contributed by atoms with E-state index in [0.29, 0.717) is 21.6 Å². The Balaban J connectivity index is 1.52. The van der Waals surface area contributed by atoms with Gasteiger partial charge in [0.2, 0.25) is 5.91 Å². The summed E-state index contributed by atoms with van der Waals surface area (Å²) >= 11 is 8.34. The number of fused-ring (bicyclic) bond motifs is 1. The molecule has 0 spiro atoms. The van der Waals surface area contributed by atoms with Crippen molar-refractivity contribution in [1.82, 2.24) is 20.8 Å². The number of nitrogens with one attached hydrogen (secondary N) is 2. The van der Waals surface area contributed by atoms with Crippen LogP contribution in [-0.4, -0.2) is 27.5 Å². The van der Waals surface area contributed by atoms with E-state index >= 15 is 0 Å². The van der Waals surface area contributed by atoms with Crippen LogP contribution in [0.5, 0.6) is 0 Å². The molecule has 0 atom stereocenters. The predicted molar refractivity (Wildman–Crippen MR) is 99.6 cm³/mol. The molecule has 0 unspecified atom stereocenters. The van der Waals surface area contributed by atoms with Crippen LogP contribution >= 0.6 is 34.7 Å². The monoisotopic (exact) mass is 393 g/mol. The summed E-state index contributed by atoms with van der Waals surface area (Å²) in [6.45, 7) is 0. The van der Waals surface area contributed by atoms with Gasteiger partial charge in [-0.1, -0.05) is 23.4 Å². The number of aromatic nitrogens is 2. The molecule has 128 valence electrons. The second-order valence-electron chi connectivity index (χ2n) is 4.83. The Hall–Kier alpha value is -2.36. The van der Waals surface area contributed by atoms with Crippen LogP contribution in [0.15, 0.2) is 40.9 Å². The molecule has 1 aromatic carbocycles. The first-order valence-corrected chi connectivity index (χ1v) is 9.25. The summed E-state index contributed by atoms with van der Waals surface area (Å²) in [6, 6.07) is 8.16. The standard InChI is InChI=1S/C15H12ClN5O2S2/c16-9-3-1-8(2-4-9)13(23)21-20-11(22)7-25-15-18-12(17)10-5-6-24-14(10)19-15/h1-6H,7H2,(H,20,22)(H,21,23)(H2,17,18,19). The van der Waals surface area contributed by atoms with Crippen LogP contribution in [0.25, 0.3) is 10.2 Å². The molecule has 0 aliphatic heterocycles. The zero-order chi connectivity index (χ0) is 17.8. The molecular weight excluding hydrogens is 382 g/mol. The number of hydrogen-bond acceptors (Lipinski definition) is 7. The van der Waals surface area contributed by atoms with Crippen molar-refractivity contribution in [2.45, 2.75) is 5.16 Å². The van der Waals surface area contributed by atoms with Crippen LogP contribution in [0.4, 0.5) is 5.82 Å². The Morgan fingerprint density at radius 1 is 1.16 bits per heavy atom. The molecule has 0 aliphatic rings. The normalized spacial score (nSPS) is 10.6. The summed E-state index contributed by atoms with van der Waals surface area (Å²) in [5.41, 5.74) is 10.9. The predicted octanol–water partition coefficient (Wildman–Crippen LogP) is 2.48. The molecule has 2 heterocycles. The van der Waals surface area contributed by atoms with Crippen LogP contribution in [0, 0.1) is 0 Å². The maximum atomic E-state index is 11.9. The molecule has 0 saturated carbocycles. The first-order valence-electron chi connectivity index (χ1n) is 7.01. The summed E-state index contributed by atoms with van der Waals surface area (Å²) in [6.07, 6.45) is 0. The summed E-state index contributed by atoms with van der Waals surface area (Å²) in [4.78, 5) is 33.0. The van der Waals surface area contributed by atoms with Crippen LogP contribution in [-0.2, 0) is 4.79 Å². The van der Waals surface area contributed by atoms with Crippen molar-refractivity contribution in [1.29, 1.82) is 0 Å². The van der Waals surface area contributed by atoms with Crippen molar-refractivity contribution in [3.8, 4) is 0 Å². The molecule has 0 saturated heterocycles. The molecule has 3 aromatic rings. The van der Waals surface area contributed by atoms with Gasteiger partial charge >= 0.3 is 0 Å². The van der Waals surface area contributed by atoms with Gasteiger partial charge in [0, 0.05) is 10.6 Å². The van der Waals surface area contributed by atoms with E-state index in [4.69, 9.17) is 17.3 Å². The number of nitrogens with zero attached hydrogens (tertiary/aromatic N) is 2. The maximum absolute atomic E-state index is 11.9. The van der Waals surface area contributed by atoms with Crippen molar-refractivity contribution >= 4 is 62.5 Å². The van der Waals surface area contributed by atoms with Gasteiger partial charge in [0.05, 0.1) is 11.1 Å². The number of carbonyl (C=O) groups is 2. The average Bonchev–Trinajstić information content (AvgIpc) is 3.07. The second-order valence-corrected chi connectivity index (χ2v) is 7.10. The second kappa shape index (κ2) is 7.68. The van der Waals surface area contributed by atoms with Gasteiger partial charge in [-0.05, 0) is 35.7 Å². The molecule has 0 bridgehead atoms. The number of thiophene rings is 1. The number of anilines is 1. The van der Waals surface area contributed by atoms with Crippen molar-refractivity contribution in [2.24, 2.45) is 0 Å². The molecular formula is C15H12ClN5O2S2. The molecule has 7 nitrogen and oxygen atoms in total. The Bertz CT molecular complexity index is 929. The van der Waals surface area contributed by atoms with E-state index in [1.165, 1.54) is 11.3 Å². The van der Waals surface area contributed by atoms with Gasteiger partial charge in [-0.3, -0.25) is 20.4 Å². The smallest absolute Gasteiger partial charge is 0.269 e. The zero-order valence-electron chi connectivity index (χ0n) is 12.7. The van der Waals surface area contributed by atoms with Crippen molar-refractivity contribution in [3.63, 3.8) is 0 Å². The van der Waals surface area contributed by atoms with E-state index in [0.717, 1.165) is 22.0 Å². The van der Waals surface area contributed by atoms with Gasteiger partial charge in [0.15, 0.2) is 5.16 Å². The molecule has 3 rings (SSSR count). The molecule has 4 N–H and O–H groups in total. The van der Waals surface area contributed by atoms with Crippen LogP contribution in [0.3, 0.4) is 0 Å². The first kappa shape index (κ1) is 17.5. The van der Waals surface area contributed by atoms with Crippen molar-refractivity contribution < 1.29 is 9.59 Å².